The normalized spacial score (nSPS) is 27.8. The molecule has 3 nitrogen and oxygen atoms in total. The Kier molecular flexibility index (Phi) is 3.11. The number of rotatable bonds is 4. The molecule has 0 radical (unpaired) electrons. The lowest BCUT2D eigenvalue weighted by Gasteiger charge is -2.18. The molecule has 4 atom stereocenters. The Labute approximate surface area is 126 Å². The molecule has 3 heteroatoms. The highest BCUT2D eigenvalue weighted by Gasteiger charge is 2.56. The summed E-state index contributed by atoms with van der Waals surface area (Å²) in [4.78, 5) is 0. The second-order valence-corrected chi connectivity index (χ2v) is 6.34. The van der Waals surface area contributed by atoms with Crippen LogP contribution < -0.4 is 5.32 Å². The summed E-state index contributed by atoms with van der Waals surface area (Å²) < 4.78 is 2.14. The lowest BCUT2D eigenvalue weighted by atomic mass is 9.92. The first-order valence-electron chi connectivity index (χ1n) is 8.12. The number of benzene rings is 1. The summed E-state index contributed by atoms with van der Waals surface area (Å²) >= 11 is 0. The van der Waals surface area contributed by atoms with Crippen molar-refractivity contribution < 1.29 is 0 Å². The number of hydrogen-bond acceptors (Lipinski definition) is 2. The molecule has 1 fully saturated rings. The van der Waals surface area contributed by atoms with Gasteiger partial charge in [-0.05, 0) is 61.8 Å². The predicted octanol–water partition coefficient (Wildman–Crippen LogP) is 3.14. The van der Waals surface area contributed by atoms with Crippen molar-refractivity contribution in [2.45, 2.75) is 38.3 Å². The molecule has 2 aliphatic carbocycles. The first-order valence-corrected chi connectivity index (χ1v) is 8.12. The van der Waals surface area contributed by atoms with Gasteiger partial charge in [-0.1, -0.05) is 24.3 Å². The summed E-state index contributed by atoms with van der Waals surface area (Å²) in [6, 6.07) is 11.6. The fourth-order valence-electron chi connectivity index (χ4n) is 4.48. The fraction of sp³-hybridized carbons (Fsp3) is 0.500. The minimum Gasteiger partial charge on any atom is -0.311 e. The summed E-state index contributed by atoms with van der Waals surface area (Å²) in [5.74, 6) is 2.31. The number of nitrogens with zero attached hydrogens (tertiary/aromatic N) is 2. The fourth-order valence-corrected chi connectivity index (χ4v) is 4.48. The summed E-state index contributed by atoms with van der Waals surface area (Å²) in [5, 5.41) is 8.02. The molecule has 0 spiro atoms. The molecule has 0 amide bonds. The molecule has 2 aliphatic rings. The van der Waals surface area contributed by atoms with Gasteiger partial charge in [-0.2, -0.15) is 5.10 Å². The van der Waals surface area contributed by atoms with Crippen LogP contribution in [-0.2, 0) is 13.0 Å². The van der Waals surface area contributed by atoms with E-state index in [1.807, 2.05) is 6.20 Å². The average Bonchev–Trinajstić information content (AvgIpc) is 3.06. The van der Waals surface area contributed by atoms with E-state index in [9.17, 15) is 0 Å². The average molecular weight is 281 g/mol. The highest BCUT2D eigenvalue weighted by Crippen LogP contribution is 2.64. The molecular formula is C18H23N3. The summed E-state index contributed by atoms with van der Waals surface area (Å²) in [5.41, 5.74) is 4.51. The van der Waals surface area contributed by atoms with E-state index in [2.05, 4.69) is 59.4 Å². The van der Waals surface area contributed by atoms with Crippen molar-refractivity contribution in [1.82, 2.24) is 15.1 Å². The van der Waals surface area contributed by atoms with Crippen molar-refractivity contribution >= 4 is 0 Å². The standard InChI is InChI=1S/C18H23N3/c1-3-21-15(10-11-20-21)18(19-2)17-14-9-8-12-6-4-5-7-13(12)16(14)17/h4-7,10-11,14,16-19H,3,8-9H2,1-2H3. The molecule has 4 unspecified atom stereocenters. The molecule has 0 bridgehead atoms. The van der Waals surface area contributed by atoms with Crippen LogP contribution in [0.5, 0.6) is 0 Å². The SMILES string of the molecule is CCn1nccc1C(NC)C1C2CCc3ccccc3C21. The molecule has 110 valence electrons. The number of nitrogens with one attached hydrogen (secondary N) is 1. The van der Waals surface area contributed by atoms with Crippen LogP contribution in [0.1, 0.15) is 42.1 Å². The monoisotopic (exact) mass is 281 g/mol. The highest BCUT2D eigenvalue weighted by atomic mass is 15.3. The van der Waals surface area contributed by atoms with Gasteiger partial charge in [-0.3, -0.25) is 4.68 Å². The zero-order valence-electron chi connectivity index (χ0n) is 12.8. The van der Waals surface area contributed by atoms with Gasteiger partial charge in [0.15, 0.2) is 0 Å². The second kappa shape index (κ2) is 4.99. The van der Waals surface area contributed by atoms with Crippen molar-refractivity contribution in [2.24, 2.45) is 11.8 Å². The molecular weight excluding hydrogens is 258 g/mol. The smallest absolute Gasteiger partial charge is 0.0556 e. The van der Waals surface area contributed by atoms with Crippen LogP contribution in [0, 0.1) is 11.8 Å². The first-order chi connectivity index (χ1) is 10.3. The lowest BCUT2D eigenvalue weighted by molar-refractivity contribution is 0.444. The second-order valence-electron chi connectivity index (χ2n) is 6.34. The Morgan fingerprint density at radius 3 is 3.00 bits per heavy atom. The van der Waals surface area contributed by atoms with Crippen LogP contribution in [0.2, 0.25) is 0 Å². The molecule has 4 rings (SSSR count). The van der Waals surface area contributed by atoms with Crippen molar-refractivity contribution in [2.75, 3.05) is 7.05 Å². The van der Waals surface area contributed by atoms with Crippen molar-refractivity contribution in [3.05, 3.63) is 53.3 Å². The summed E-state index contributed by atoms with van der Waals surface area (Å²) in [7, 11) is 2.09. The van der Waals surface area contributed by atoms with Gasteiger partial charge >= 0.3 is 0 Å². The Hall–Kier alpha value is -1.61. The topological polar surface area (TPSA) is 29.9 Å². The largest absolute Gasteiger partial charge is 0.311 e. The molecule has 2 aromatic rings. The van der Waals surface area contributed by atoms with E-state index in [-0.39, 0.29) is 0 Å². The van der Waals surface area contributed by atoms with Gasteiger partial charge in [-0.25, -0.2) is 0 Å². The third kappa shape index (κ3) is 1.95. The molecule has 1 N–H and O–H groups in total. The van der Waals surface area contributed by atoms with Crippen LogP contribution in [0.25, 0.3) is 0 Å². The van der Waals surface area contributed by atoms with Gasteiger partial charge in [0.1, 0.15) is 0 Å². The Morgan fingerprint density at radius 2 is 2.19 bits per heavy atom. The van der Waals surface area contributed by atoms with Crippen LogP contribution in [-0.4, -0.2) is 16.8 Å². The predicted molar refractivity (Wildman–Crippen MR) is 84.2 cm³/mol. The van der Waals surface area contributed by atoms with Crippen molar-refractivity contribution in [3.63, 3.8) is 0 Å². The molecule has 21 heavy (non-hydrogen) atoms. The quantitative estimate of drug-likeness (QED) is 0.933. The van der Waals surface area contributed by atoms with E-state index in [0.717, 1.165) is 24.3 Å². The highest BCUT2D eigenvalue weighted by molar-refractivity contribution is 5.40. The van der Waals surface area contributed by atoms with Gasteiger partial charge < -0.3 is 5.32 Å². The minimum atomic E-state index is 0.425. The van der Waals surface area contributed by atoms with Crippen LogP contribution in [0.3, 0.4) is 0 Å². The van der Waals surface area contributed by atoms with Crippen molar-refractivity contribution in [1.29, 1.82) is 0 Å². The summed E-state index contributed by atoms with van der Waals surface area (Å²) in [6.45, 7) is 3.11. The minimum absolute atomic E-state index is 0.425. The molecule has 1 aromatic heterocycles. The molecule has 0 saturated heterocycles. The third-order valence-electron chi connectivity index (χ3n) is 5.45. The summed E-state index contributed by atoms with van der Waals surface area (Å²) in [6.07, 6.45) is 4.52. The maximum Gasteiger partial charge on any atom is 0.0556 e. The maximum absolute atomic E-state index is 4.45. The van der Waals surface area contributed by atoms with E-state index < -0.39 is 0 Å². The van der Waals surface area contributed by atoms with Gasteiger partial charge in [0.05, 0.1) is 11.7 Å². The van der Waals surface area contributed by atoms with E-state index in [0.29, 0.717) is 6.04 Å². The Bertz CT molecular complexity index is 645. The lowest BCUT2D eigenvalue weighted by Crippen LogP contribution is -2.23. The number of aryl methyl sites for hydroxylation is 2. The van der Waals surface area contributed by atoms with Crippen LogP contribution in [0.4, 0.5) is 0 Å². The van der Waals surface area contributed by atoms with Gasteiger partial charge in [0.25, 0.3) is 0 Å². The van der Waals surface area contributed by atoms with E-state index >= 15 is 0 Å². The van der Waals surface area contributed by atoms with E-state index in [4.69, 9.17) is 0 Å². The van der Waals surface area contributed by atoms with Crippen LogP contribution in [0.15, 0.2) is 36.5 Å². The number of hydrogen-bond donors (Lipinski definition) is 1. The van der Waals surface area contributed by atoms with Gasteiger partial charge in [0, 0.05) is 12.7 Å². The first kappa shape index (κ1) is 13.1. The number of fused-ring (bicyclic) bond motifs is 3. The molecule has 1 saturated carbocycles. The van der Waals surface area contributed by atoms with E-state index in [1.165, 1.54) is 18.5 Å². The van der Waals surface area contributed by atoms with Gasteiger partial charge in [-0.15, -0.1) is 0 Å². The Balaban J connectivity index is 1.66. The number of aromatic nitrogens is 2. The third-order valence-corrected chi connectivity index (χ3v) is 5.45. The molecule has 0 aliphatic heterocycles. The Morgan fingerprint density at radius 1 is 1.33 bits per heavy atom. The molecule has 1 aromatic carbocycles. The molecule has 1 heterocycles. The zero-order valence-corrected chi connectivity index (χ0v) is 12.8. The van der Waals surface area contributed by atoms with Crippen molar-refractivity contribution in [3.8, 4) is 0 Å². The zero-order chi connectivity index (χ0) is 14.4. The maximum atomic E-state index is 4.45. The van der Waals surface area contributed by atoms with Gasteiger partial charge in [0.2, 0.25) is 0 Å². The van der Waals surface area contributed by atoms with E-state index in [1.54, 1.807) is 11.1 Å². The van der Waals surface area contributed by atoms with Crippen LogP contribution >= 0.6 is 0 Å².